The van der Waals surface area contributed by atoms with E-state index in [1.54, 1.807) is 7.11 Å². The molecular weight excluding hydrogens is 218 g/mol. The third-order valence-electron chi connectivity index (χ3n) is 2.86. The second-order valence-corrected chi connectivity index (χ2v) is 4.05. The zero-order valence-electron chi connectivity index (χ0n) is 10.2. The van der Waals surface area contributed by atoms with Crippen LogP contribution in [0.5, 0.6) is 0 Å². The molecule has 0 fully saturated rings. The van der Waals surface area contributed by atoms with Gasteiger partial charge in [-0.15, -0.1) is 0 Å². The first-order chi connectivity index (χ1) is 8.06. The molecule has 0 aliphatic rings. The van der Waals surface area contributed by atoms with Gasteiger partial charge in [0.1, 0.15) is 0 Å². The van der Waals surface area contributed by atoms with Crippen molar-refractivity contribution in [3.05, 3.63) is 35.4 Å². The fourth-order valence-corrected chi connectivity index (χ4v) is 1.78. The molecule has 1 aromatic rings. The maximum atomic E-state index is 10.5. The van der Waals surface area contributed by atoms with Crippen LogP contribution in [-0.4, -0.2) is 18.2 Å². The maximum absolute atomic E-state index is 10.5. The Morgan fingerprint density at radius 1 is 1.41 bits per heavy atom. The van der Waals surface area contributed by atoms with Crippen LogP contribution < -0.4 is 5.73 Å². The molecule has 0 spiro atoms. The van der Waals surface area contributed by atoms with Crippen molar-refractivity contribution in [2.45, 2.75) is 31.9 Å². The quantitative estimate of drug-likeness (QED) is 0.796. The van der Waals surface area contributed by atoms with E-state index in [0.717, 1.165) is 11.1 Å². The Balaban J connectivity index is 2.84. The Kier molecular flexibility index (Phi) is 5.12. The van der Waals surface area contributed by atoms with Crippen molar-refractivity contribution in [1.82, 2.24) is 0 Å². The number of carboxylic acid groups (broad SMARTS) is 1. The Labute approximate surface area is 101 Å². The molecule has 1 rings (SSSR count). The molecule has 0 heterocycles. The van der Waals surface area contributed by atoms with E-state index >= 15 is 0 Å². The molecule has 0 bridgehead atoms. The van der Waals surface area contributed by atoms with E-state index in [4.69, 9.17) is 15.6 Å². The van der Waals surface area contributed by atoms with Crippen molar-refractivity contribution in [3.8, 4) is 0 Å². The first kappa shape index (κ1) is 13.7. The molecule has 2 atom stereocenters. The highest BCUT2D eigenvalue weighted by Gasteiger charge is 2.15. The summed E-state index contributed by atoms with van der Waals surface area (Å²) in [4.78, 5) is 10.5. The highest BCUT2D eigenvalue weighted by Crippen LogP contribution is 2.26. The molecule has 0 aliphatic carbocycles. The molecule has 0 radical (unpaired) electrons. The number of nitrogens with two attached hydrogens (primary N) is 1. The molecule has 0 aromatic heterocycles. The lowest BCUT2D eigenvalue weighted by atomic mass is 9.95. The van der Waals surface area contributed by atoms with Gasteiger partial charge in [0.15, 0.2) is 0 Å². The Morgan fingerprint density at radius 3 is 2.53 bits per heavy atom. The monoisotopic (exact) mass is 237 g/mol. The second kappa shape index (κ2) is 6.37. The van der Waals surface area contributed by atoms with Crippen molar-refractivity contribution in [2.75, 3.05) is 7.11 Å². The predicted octanol–water partition coefficient (Wildman–Crippen LogP) is 2.26. The summed E-state index contributed by atoms with van der Waals surface area (Å²) in [5.74, 6) is -0.822. The third kappa shape index (κ3) is 3.84. The zero-order valence-corrected chi connectivity index (χ0v) is 10.2. The van der Waals surface area contributed by atoms with Crippen LogP contribution in [0.4, 0.5) is 0 Å². The van der Waals surface area contributed by atoms with Gasteiger partial charge in [0.2, 0.25) is 0 Å². The zero-order chi connectivity index (χ0) is 12.8. The molecule has 0 saturated carbocycles. The van der Waals surface area contributed by atoms with Crippen molar-refractivity contribution in [3.63, 3.8) is 0 Å². The fourth-order valence-electron chi connectivity index (χ4n) is 1.78. The van der Waals surface area contributed by atoms with E-state index in [0.29, 0.717) is 6.42 Å². The Bertz CT molecular complexity index is 379. The van der Waals surface area contributed by atoms with Crippen LogP contribution in [0.2, 0.25) is 0 Å². The third-order valence-corrected chi connectivity index (χ3v) is 2.86. The van der Waals surface area contributed by atoms with Gasteiger partial charge in [-0.05, 0) is 24.5 Å². The standard InChI is InChI=1S/C13H19NO3/c1-9(17-2)10-5-3-4-6-11(10)12(14)7-8-13(15)16/h3-6,9,12H,7-8,14H2,1-2H3,(H,15,16). The summed E-state index contributed by atoms with van der Waals surface area (Å²) < 4.78 is 5.28. The Hall–Kier alpha value is -1.39. The van der Waals surface area contributed by atoms with Gasteiger partial charge >= 0.3 is 5.97 Å². The number of carbonyl (C=O) groups is 1. The lowest BCUT2D eigenvalue weighted by Crippen LogP contribution is -2.15. The van der Waals surface area contributed by atoms with E-state index in [-0.39, 0.29) is 18.6 Å². The van der Waals surface area contributed by atoms with Crippen LogP contribution in [0.15, 0.2) is 24.3 Å². The van der Waals surface area contributed by atoms with Gasteiger partial charge in [-0.2, -0.15) is 0 Å². The van der Waals surface area contributed by atoms with E-state index in [1.165, 1.54) is 0 Å². The summed E-state index contributed by atoms with van der Waals surface area (Å²) in [6.07, 6.45) is 0.474. The second-order valence-electron chi connectivity index (χ2n) is 4.05. The molecule has 0 saturated heterocycles. The van der Waals surface area contributed by atoms with E-state index in [1.807, 2.05) is 31.2 Å². The SMILES string of the molecule is COC(C)c1ccccc1C(N)CCC(=O)O. The van der Waals surface area contributed by atoms with Crippen molar-refractivity contribution in [2.24, 2.45) is 5.73 Å². The summed E-state index contributed by atoms with van der Waals surface area (Å²) in [7, 11) is 1.64. The first-order valence-corrected chi connectivity index (χ1v) is 5.65. The number of benzene rings is 1. The highest BCUT2D eigenvalue weighted by atomic mass is 16.5. The minimum Gasteiger partial charge on any atom is -0.481 e. The molecule has 3 N–H and O–H groups in total. The van der Waals surface area contributed by atoms with Gasteiger partial charge in [-0.1, -0.05) is 24.3 Å². The predicted molar refractivity (Wildman–Crippen MR) is 65.7 cm³/mol. The maximum Gasteiger partial charge on any atom is 0.303 e. The van der Waals surface area contributed by atoms with Crippen LogP contribution in [-0.2, 0) is 9.53 Å². The molecule has 1 aromatic carbocycles. The number of carboxylic acids is 1. The molecule has 4 nitrogen and oxygen atoms in total. The minimum atomic E-state index is -0.822. The molecule has 0 amide bonds. The summed E-state index contributed by atoms with van der Waals surface area (Å²) in [6, 6.07) is 7.46. The number of ether oxygens (including phenoxy) is 1. The van der Waals surface area contributed by atoms with Crippen LogP contribution in [0, 0.1) is 0 Å². The van der Waals surface area contributed by atoms with Gasteiger partial charge in [0.25, 0.3) is 0 Å². The van der Waals surface area contributed by atoms with Gasteiger partial charge in [-0.3, -0.25) is 4.79 Å². The lowest BCUT2D eigenvalue weighted by Gasteiger charge is -2.19. The average molecular weight is 237 g/mol. The van der Waals surface area contributed by atoms with Crippen LogP contribution in [0.1, 0.15) is 43.0 Å². The van der Waals surface area contributed by atoms with E-state index in [2.05, 4.69) is 0 Å². The van der Waals surface area contributed by atoms with Crippen molar-refractivity contribution >= 4 is 5.97 Å². The normalized spacial score (nSPS) is 14.3. The molecule has 2 unspecified atom stereocenters. The number of aliphatic carboxylic acids is 1. The van der Waals surface area contributed by atoms with Crippen molar-refractivity contribution < 1.29 is 14.6 Å². The summed E-state index contributed by atoms with van der Waals surface area (Å²) in [6.45, 7) is 1.95. The van der Waals surface area contributed by atoms with Gasteiger partial charge in [-0.25, -0.2) is 0 Å². The summed E-state index contributed by atoms with van der Waals surface area (Å²) in [5.41, 5.74) is 8.00. The minimum absolute atomic E-state index is 0.0397. The molecular formula is C13H19NO3. The number of hydrogen-bond donors (Lipinski definition) is 2. The van der Waals surface area contributed by atoms with Gasteiger partial charge in [0.05, 0.1) is 6.10 Å². The highest BCUT2D eigenvalue weighted by molar-refractivity contribution is 5.66. The molecule has 17 heavy (non-hydrogen) atoms. The van der Waals surface area contributed by atoms with Crippen LogP contribution in [0.25, 0.3) is 0 Å². The average Bonchev–Trinajstić information content (AvgIpc) is 2.34. The number of hydrogen-bond acceptors (Lipinski definition) is 3. The summed E-state index contributed by atoms with van der Waals surface area (Å²) in [5, 5.41) is 8.65. The van der Waals surface area contributed by atoms with Crippen LogP contribution in [0.3, 0.4) is 0 Å². The van der Waals surface area contributed by atoms with E-state index in [9.17, 15) is 4.79 Å². The van der Waals surface area contributed by atoms with E-state index < -0.39 is 5.97 Å². The van der Waals surface area contributed by atoms with Gasteiger partial charge in [0, 0.05) is 19.6 Å². The van der Waals surface area contributed by atoms with Crippen molar-refractivity contribution in [1.29, 1.82) is 0 Å². The number of methoxy groups -OCH3 is 1. The fraction of sp³-hybridized carbons (Fsp3) is 0.462. The van der Waals surface area contributed by atoms with Gasteiger partial charge < -0.3 is 15.6 Å². The lowest BCUT2D eigenvalue weighted by molar-refractivity contribution is -0.137. The summed E-state index contributed by atoms with van der Waals surface area (Å²) >= 11 is 0. The first-order valence-electron chi connectivity index (χ1n) is 5.65. The smallest absolute Gasteiger partial charge is 0.303 e. The van der Waals surface area contributed by atoms with Crippen LogP contribution >= 0.6 is 0 Å². The molecule has 94 valence electrons. The Morgan fingerprint density at radius 2 is 2.00 bits per heavy atom. The largest absolute Gasteiger partial charge is 0.481 e. The molecule has 0 aliphatic heterocycles. The molecule has 4 heteroatoms. The number of rotatable bonds is 6. The topological polar surface area (TPSA) is 72.5 Å².